The maximum absolute atomic E-state index is 13.2. The highest BCUT2D eigenvalue weighted by Crippen LogP contribution is 2.26. The Labute approximate surface area is 160 Å². The Morgan fingerprint density at radius 3 is 2.70 bits per heavy atom. The van der Waals surface area contributed by atoms with Crippen LogP contribution in [-0.4, -0.2) is 22.5 Å². The maximum atomic E-state index is 13.2. The van der Waals surface area contributed by atoms with E-state index in [2.05, 4.69) is 20.6 Å². The highest BCUT2D eigenvalue weighted by molar-refractivity contribution is 6.31. The minimum Gasteiger partial charge on any atom is -0.492 e. The van der Waals surface area contributed by atoms with E-state index in [-0.39, 0.29) is 10.7 Å². The largest absolute Gasteiger partial charge is 0.492 e. The van der Waals surface area contributed by atoms with Crippen LogP contribution < -0.4 is 15.4 Å². The molecule has 3 aromatic rings. The molecule has 1 heterocycles. The van der Waals surface area contributed by atoms with E-state index in [9.17, 15) is 9.18 Å². The third-order valence-electron chi connectivity index (χ3n) is 3.51. The van der Waals surface area contributed by atoms with Crippen LogP contribution in [0.4, 0.5) is 21.6 Å². The molecule has 0 radical (unpaired) electrons. The van der Waals surface area contributed by atoms with Crippen LogP contribution >= 0.6 is 11.6 Å². The first-order chi connectivity index (χ1) is 13.1. The number of rotatable bonds is 6. The number of carbonyl (C=O) groups is 1. The van der Waals surface area contributed by atoms with Gasteiger partial charge in [-0.3, -0.25) is 4.79 Å². The van der Waals surface area contributed by atoms with Crippen molar-refractivity contribution in [3.05, 3.63) is 71.4 Å². The molecule has 0 bridgehead atoms. The minimum atomic E-state index is -0.558. The number of hydrogen-bond acceptors (Lipinski definition) is 5. The number of nitrogens with one attached hydrogen (secondary N) is 2. The lowest BCUT2D eigenvalue weighted by Crippen LogP contribution is -2.14. The van der Waals surface area contributed by atoms with Crippen LogP contribution in [0.25, 0.3) is 0 Å². The molecule has 0 unspecified atom stereocenters. The molecule has 0 atom stereocenters. The van der Waals surface area contributed by atoms with Crippen LogP contribution in [0.5, 0.6) is 5.75 Å². The molecule has 0 saturated heterocycles. The first-order valence-electron chi connectivity index (χ1n) is 8.14. The van der Waals surface area contributed by atoms with Gasteiger partial charge >= 0.3 is 0 Å². The van der Waals surface area contributed by atoms with Crippen molar-refractivity contribution >= 4 is 34.7 Å². The van der Waals surface area contributed by atoms with Crippen LogP contribution in [0.15, 0.2) is 54.9 Å². The van der Waals surface area contributed by atoms with Crippen molar-refractivity contribution in [1.29, 1.82) is 0 Å². The number of anilines is 3. The first-order valence-corrected chi connectivity index (χ1v) is 8.52. The quantitative estimate of drug-likeness (QED) is 0.644. The zero-order valence-corrected chi connectivity index (χ0v) is 15.1. The third-order valence-corrected chi connectivity index (χ3v) is 3.80. The van der Waals surface area contributed by atoms with Crippen molar-refractivity contribution in [2.24, 2.45) is 0 Å². The number of carbonyl (C=O) groups excluding carboxylic acids is 1. The normalized spacial score (nSPS) is 10.3. The summed E-state index contributed by atoms with van der Waals surface area (Å²) < 4.78 is 18.7. The van der Waals surface area contributed by atoms with Gasteiger partial charge in [0.05, 0.1) is 29.7 Å². The number of para-hydroxylation sites is 2. The van der Waals surface area contributed by atoms with Crippen molar-refractivity contribution in [1.82, 2.24) is 9.97 Å². The monoisotopic (exact) mass is 386 g/mol. The molecule has 27 heavy (non-hydrogen) atoms. The Morgan fingerprint density at radius 1 is 1.19 bits per heavy atom. The Hall–Kier alpha value is -3.19. The first kappa shape index (κ1) is 18.6. The van der Waals surface area contributed by atoms with Gasteiger partial charge < -0.3 is 15.4 Å². The summed E-state index contributed by atoms with van der Waals surface area (Å²) in [6, 6.07) is 11.3. The topological polar surface area (TPSA) is 76.1 Å². The van der Waals surface area contributed by atoms with E-state index in [4.69, 9.17) is 16.3 Å². The lowest BCUT2D eigenvalue weighted by Gasteiger charge is -2.11. The molecule has 8 heteroatoms. The minimum absolute atomic E-state index is 0.0774. The number of benzene rings is 2. The van der Waals surface area contributed by atoms with Gasteiger partial charge in [0.15, 0.2) is 0 Å². The van der Waals surface area contributed by atoms with E-state index in [1.807, 2.05) is 31.2 Å². The van der Waals surface area contributed by atoms with Gasteiger partial charge in [0.25, 0.3) is 5.91 Å². The molecular weight excluding hydrogens is 371 g/mol. The Morgan fingerprint density at radius 2 is 2.00 bits per heavy atom. The molecule has 3 rings (SSSR count). The molecule has 0 spiro atoms. The number of halogens is 2. The van der Waals surface area contributed by atoms with Gasteiger partial charge in [-0.15, -0.1) is 0 Å². The zero-order valence-electron chi connectivity index (χ0n) is 14.4. The fraction of sp³-hybridized carbons (Fsp3) is 0.105. The van der Waals surface area contributed by atoms with Crippen molar-refractivity contribution in [3.63, 3.8) is 0 Å². The number of hydrogen-bond donors (Lipinski definition) is 2. The van der Waals surface area contributed by atoms with Crippen molar-refractivity contribution in [3.8, 4) is 5.75 Å². The molecule has 0 saturated carbocycles. The molecule has 138 valence electrons. The van der Waals surface area contributed by atoms with E-state index in [0.29, 0.717) is 23.9 Å². The smallest absolute Gasteiger partial charge is 0.275 e. The molecule has 0 fully saturated rings. The summed E-state index contributed by atoms with van der Waals surface area (Å²) in [5.74, 6) is 0.115. The predicted octanol–water partition coefficient (Wildman–Crippen LogP) is 4.66. The van der Waals surface area contributed by atoms with E-state index in [0.717, 1.165) is 5.69 Å². The van der Waals surface area contributed by atoms with E-state index in [1.54, 1.807) is 0 Å². The van der Waals surface area contributed by atoms with Crippen LogP contribution in [0.3, 0.4) is 0 Å². The van der Waals surface area contributed by atoms with Gasteiger partial charge in [-0.05, 0) is 37.3 Å². The van der Waals surface area contributed by atoms with E-state index >= 15 is 0 Å². The average molecular weight is 387 g/mol. The molecule has 2 aromatic carbocycles. The number of ether oxygens (including phenoxy) is 1. The fourth-order valence-electron chi connectivity index (χ4n) is 2.27. The van der Waals surface area contributed by atoms with Gasteiger partial charge in [0, 0.05) is 5.69 Å². The number of aromatic nitrogens is 2. The zero-order chi connectivity index (χ0) is 19.2. The number of nitrogens with zero attached hydrogens (tertiary/aromatic N) is 2. The van der Waals surface area contributed by atoms with Crippen LogP contribution in [0.2, 0.25) is 5.02 Å². The highest BCUT2D eigenvalue weighted by atomic mass is 35.5. The average Bonchev–Trinajstić information content (AvgIpc) is 2.67. The van der Waals surface area contributed by atoms with Gasteiger partial charge in [0.2, 0.25) is 0 Å². The summed E-state index contributed by atoms with van der Waals surface area (Å²) in [5.41, 5.74) is 1.21. The lowest BCUT2D eigenvalue weighted by molar-refractivity contribution is 0.102. The van der Waals surface area contributed by atoms with Gasteiger partial charge in [-0.25, -0.2) is 14.4 Å². The van der Waals surface area contributed by atoms with Crippen LogP contribution in [0.1, 0.15) is 17.4 Å². The molecule has 1 aromatic heterocycles. The van der Waals surface area contributed by atoms with Gasteiger partial charge in [-0.1, -0.05) is 23.7 Å². The second-order valence-electron chi connectivity index (χ2n) is 5.42. The Kier molecular flexibility index (Phi) is 5.83. The molecule has 0 aliphatic heterocycles. The molecular formula is C19H16ClFN4O2. The standard InChI is InChI=1S/C19H16ClFN4O2/c1-2-27-17-6-4-3-5-15(17)25-18-11-22-16(10-23-18)19(26)24-12-7-8-14(21)13(20)9-12/h3-11H,2H2,1H3,(H,23,25)(H,24,26). The van der Waals surface area contributed by atoms with Gasteiger partial charge in [0.1, 0.15) is 23.1 Å². The Balaban J connectivity index is 1.69. The molecule has 0 aliphatic carbocycles. The summed E-state index contributed by atoms with van der Waals surface area (Å²) in [7, 11) is 0. The van der Waals surface area contributed by atoms with Crippen molar-refractivity contribution in [2.75, 3.05) is 17.2 Å². The Bertz CT molecular complexity index is 951. The summed E-state index contributed by atoms with van der Waals surface area (Å²) in [4.78, 5) is 20.5. The molecule has 1 amide bonds. The maximum Gasteiger partial charge on any atom is 0.275 e. The van der Waals surface area contributed by atoms with E-state index < -0.39 is 11.7 Å². The second-order valence-corrected chi connectivity index (χ2v) is 5.83. The summed E-state index contributed by atoms with van der Waals surface area (Å²) in [6.07, 6.45) is 2.78. The van der Waals surface area contributed by atoms with Crippen molar-refractivity contribution in [2.45, 2.75) is 6.92 Å². The van der Waals surface area contributed by atoms with Gasteiger partial charge in [-0.2, -0.15) is 0 Å². The lowest BCUT2D eigenvalue weighted by atomic mass is 10.3. The van der Waals surface area contributed by atoms with Crippen molar-refractivity contribution < 1.29 is 13.9 Å². The van der Waals surface area contributed by atoms with Crippen LogP contribution in [-0.2, 0) is 0 Å². The molecule has 6 nitrogen and oxygen atoms in total. The fourth-order valence-corrected chi connectivity index (χ4v) is 2.45. The molecule has 0 aliphatic rings. The van der Waals surface area contributed by atoms with Crippen LogP contribution in [0, 0.1) is 5.82 Å². The highest BCUT2D eigenvalue weighted by Gasteiger charge is 2.11. The van der Waals surface area contributed by atoms with E-state index in [1.165, 1.54) is 30.6 Å². The summed E-state index contributed by atoms with van der Waals surface area (Å²) in [6.45, 7) is 2.44. The number of amides is 1. The summed E-state index contributed by atoms with van der Waals surface area (Å²) >= 11 is 5.70. The summed E-state index contributed by atoms with van der Waals surface area (Å²) in [5, 5.41) is 5.61. The SMILES string of the molecule is CCOc1ccccc1Nc1cnc(C(=O)Nc2ccc(F)c(Cl)c2)cn1. The predicted molar refractivity (Wildman–Crippen MR) is 102 cm³/mol. The third kappa shape index (κ3) is 4.71. The second kappa shape index (κ2) is 8.46. The molecule has 2 N–H and O–H groups in total.